The van der Waals surface area contributed by atoms with Crippen LogP contribution in [0, 0.1) is 0 Å². The van der Waals surface area contributed by atoms with Gasteiger partial charge in [0, 0.05) is 6.42 Å². The molecule has 38 heavy (non-hydrogen) atoms. The molecule has 0 aromatic heterocycles. The molecule has 2 unspecified atom stereocenters. The number of aromatic hydroxyl groups is 2. The summed E-state index contributed by atoms with van der Waals surface area (Å²) >= 11 is 0. The van der Waals surface area contributed by atoms with E-state index in [0.29, 0.717) is 0 Å². The summed E-state index contributed by atoms with van der Waals surface area (Å²) in [4.78, 5) is 49.2. The summed E-state index contributed by atoms with van der Waals surface area (Å²) < 4.78 is 22.7. The zero-order valence-electron chi connectivity index (χ0n) is 24.3. The largest absolute Gasteiger partial charge is 1.00 e. The van der Waals surface area contributed by atoms with Crippen molar-refractivity contribution in [1.29, 1.82) is 0 Å². The number of carbonyl (C=O) groups excluding carboxylic acids is 1. The zero-order chi connectivity index (χ0) is 27.1. The Morgan fingerprint density at radius 1 is 0.842 bits per heavy atom. The summed E-state index contributed by atoms with van der Waals surface area (Å²) in [5.74, 6) is -0.115. The van der Waals surface area contributed by atoms with E-state index in [1.165, 1.54) is 6.07 Å². The fourth-order valence-corrected chi connectivity index (χ4v) is 7.07. The summed E-state index contributed by atoms with van der Waals surface area (Å²) in [6.07, 6.45) is 1.35. The van der Waals surface area contributed by atoms with Gasteiger partial charge in [-0.05, 0) is 72.9 Å². The topological polar surface area (TPSA) is 185 Å². The van der Waals surface area contributed by atoms with Crippen LogP contribution in [0.4, 0.5) is 5.69 Å². The van der Waals surface area contributed by atoms with E-state index in [1.807, 2.05) is 18.2 Å². The molecule has 2 rings (SSSR count). The van der Waals surface area contributed by atoms with E-state index in [-0.39, 0.29) is 110 Å². The molecular formula is C24H37NNa2O9P2. The Kier molecular flexibility index (Phi) is 16.8. The number of nitrogens with one attached hydrogen (secondary N) is 1. The number of hydrogen-bond acceptors (Lipinski definition) is 5. The quantitative estimate of drug-likeness (QED) is 0.0678. The Bertz CT molecular complexity index is 1110. The smallest absolute Gasteiger partial charge is 1.00 e. The fourth-order valence-electron chi connectivity index (χ4n) is 4.47. The molecule has 0 radical (unpaired) electrons. The van der Waals surface area contributed by atoms with Gasteiger partial charge in [0.2, 0.25) is 5.91 Å². The normalized spacial score (nSPS) is 13.2. The molecule has 0 bridgehead atoms. The third kappa shape index (κ3) is 11.4. The zero-order valence-corrected chi connectivity index (χ0v) is 28.1. The maximum Gasteiger partial charge on any atom is 1.00 e. The molecule has 0 spiro atoms. The van der Waals surface area contributed by atoms with Gasteiger partial charge in [-0.15, -0.1) is 0 Å². The Morgan fingerprint density at radius 2 is 1.34 bits per heavy atom. The van der Waals surface area contributed by atoms with E-state index < -0.39 is 32.9 Å². The number of unbranched alkanes of at least 4 members (excludes halogenated alkanes) is 1. The second-order valence-corrected chi connectivity index (χ2v) is 12.9. The van der Waals surface area contributed by atoms with E-state index in [9.17, 15) is 43.7 Å². The molecule has 2 aromatic rings. The van der Waals surface area contributed by atoms with Gasteiger partial charge < -0.3 is 38.0 Å². The van der Waals surface area contributed by atoms with Gasteiger partial charge in [-0.25, -0.2) is 0 Å². The van der Waals surface area contributed by atoms with Crippen molar-refractivity contribution >= 4 is 26.8 Å². The van der Waals surface area contributed by atoms with Gasteiger partial charge in [0.15, 0.2) is 5.40 Å². The Balaban J connectivity index is -0.00000342. The van der Waals surface area contributed by atoms with Gasteiger partial charge in [-0.3, -0.25) is 13.9 Å². The average molecular weight is 591 g/mol. The van der Waals surface area contributed by atoms with Crippen LogP contribution in [-0.4, -0.2) is 41.1 Å². The van der Waals surface area contributed by atoms with Crippen molar-refractivity contribution in [3.8, 4) is 11.5 Å². The Hall–Kier alpha value is -0.190. The van der Waals surface area contributed by atoms with Crippen molar-refractivity contribution in [2.75, 3.05) is 5.32 Å². The standard InChI is InChI=1S/C24H35NO9P2.2Na.2H/c1-3-19(16-9-12-18(26)13-10-16)20(4-2)17-11-14-22(27)21(15-17)25-23(28)7-5-6-8-24(35(29,30)31)36(32,33)34;;;;/h9-15,19-20,24,26-27H,3-8H2,1-2H3,(H,25,28)(H2,29,30,31)(H2,32,33,34);;;;/q;2*+1;2*-1. The van der Waals surface area contributed by atoms with Crippen molar-refractivity contribution in [2.24, 2.45) is 0 Å². The third-order valence-corrected chi connectivity index (χ3v) is 10.2. The van der Waals surface area contributed by atoms with Gasteiger partial charge in [0.25, 0.3) is 0 Å². The summed E-state index contributed by atoms with van der Waals surface area (Å²) in [6, 6.07) is 12.1. The van der Waals surface area contributed by atoms with Crippen LogP contribution in [0.2, 0.25) is 0 Å². The maximum absolute atomic E-state index is 12.4. The average Bonchev–Trinajstić information content (AvgIpc) is 2.78. The number of carbonyl (C=O) groups is 1. The molecule has 0 saturated carbocycles. The maximum atomic E-state index is 12.4. The van der Waals surface area contributed by atoms with Crippen LogP contribution in [0.25, 0.3) is 0 Å². The molecule has 0 aliphatic rings. The van der Waals surface area contributed by atoms with E-state index in [4.69, 9.17) is 0 Å². The van der Waals surface area contributed by atoms with E-state index in [2.05, 4.69) is 19.2 Å². The first-order valence-corrected chi connectivity index (χ1v) is 15.2. The van der Waals surface area contributed by atoms with Gasteiger partial charge in [0.1, 0.15) is 11.5 Å². The van der Waals surface area contributed by atoms with E-state index >= 15 is 0 Å². The predicted molar refractivity (Wildman–Crippen MR) is 139 cm³/mol. The van der Waals surface area contributed by atoms with Crippen LogP contribution >= 0.6 is 15.2 Å². The minimum Gasteiger partial charge on any atom is -1.00 e. The minimum atomic E-state index is -4.99. The second kappa shape index (κ2) is 16.9. The molecular weight excluding hydrogens is 554 g/mol. The second-order valence-electron chi connectivity index (χ2n) is 8.85. The SMILES string of the molecule is CCC(c1ccc(O)cc1)C(CC)c1ccc(O)c(NC(=O)CCCCC(P(=O)(O)O)P(=O)(O)O)c1.[H-].[H-].[Na+].[Na+]. The van der Waals surface area contributed by atoms with Crippen LogP contribution in [0.5, 0.6) is 11.5 Å². The molecule has 0 aliphatic carbocycles. The first kappa shape index (κ1) is 37.8. The summed E-state index contributed by atoms with van der Waals surface area (Å²) in [5.41, 5.74) is 2.24. The molecule has 0 saturated heterocycles. The van der Waals surface area contributed by atoms with Crippen LogP contribution in [0.3, 0.4) is 0 Å². The van der Waals surface area contributed by atoms with Crippen molar-refractivity contribution in [3.63, 3.8) is 0 Å². The first-order valence-electron chi connectivity index (χ1n) is 11.8. The van der Waals surface area contributed by atoms with Crippen LogP contribution < -0.4 is 64.4 Å². The fraction of sp³-hybridized carbons (Fsp3) is 0.458. The minimum absolute atomic E-state index is 0. The molecule has 0 aliphatic heterocycles. The van der Waals surface area contributed by atoms with Gasteiger partial charge in [0.05, 0.1) is 5.69 Å². The first-order chi connectivity index (χ1) is 16.8. The van der Waals surface area contributed by atoms with Crippen molar-refractivity contribution in [2.45, 2.75) is 69.6 Å². The van der Waals surface area contributed by atoms with E-state index in [1.54, 1.807) is 18.2 Å². The van der Waals surface area contributed by atoms with Gasteiger partial charge in [-0.2, -0.15) is 0 Å². The van der Waals surface area contributed by atoms with Crippen molar-refractivity contribution in [1.82, 2.24) is 0 Å². The predicted octanol–water partition coefficient (Wildman–Crippen LogP) is -0.801. The number of hydrogen-bond donors (Lipinski definition) is 7. The third-order valence-electron chi connectivity index (χ3n) is 6.30. The van der Waals surface area contributed by atoms with Crippen LogP contribution in [0.15, 0.2) is 42.5 Å². The van der Waals surface area contributed by atoms with Crippen molar-refractivity contribution in [3.05, 3.63) is 53.6 Å². The molecule has 0 fully saturated rings. The molecule has 10 nitrogen and oxygen atoms in total. The number of benzene rings is 2. The number of phenols is 2. The van der Waals surface area contributed by atoms with Gasteiger partial charge >= 0.3 is 74.3 Å². The number of amides is 1. The molecule has 204 valence electrons. The Morgan fingerprint density at radius 3 is 1.84 bits per heavy atom. The molecule has 2 atom stereocenters. The van der Waals surface area contributed by atoms with Crippen LogP contribution in [0.1, 0.15) is 78.2 Å². The number of anilines is 1. The molecule has 0 heterocycles. The van der Waals surface area contributed by atoms with Crippen molar-refractivity contribution < 1.29 is 106 Å². The summed E-state index contributed by atoms with van der Waals surface area (Å²) in [6.45, 7) is 4.13. The number of phenolic OH excluding ortho intramolecular Hbond substituents is 2. The Labute approximate surface area is 270 Å². The van der Waals surface area contributed by atoms with E-state index in [0.717, 1.165) is 24.0 Å². The molecule has 14 heteroatoms. The monoisotopic (exact) mass is 591 g/mol. The summed E-state index contributed by atoms with van der Waals surface area (Å²) in [5, 5.41) is 20.5. The summed E-state index contributed by atoms with van der Waals surface area (Å²) in [7, 11) is -9.97. The van der Waals surface area contributed by atoms with Gasteiger partial charge in [-0.1, -0.05) is 38.5 Å². The molecule has 1 amide bonds. The van der Waals surface area contributed by atoms with Crippen LogP contribution in [-0.2, 0) is 13.9 Å². The number of rotatable bonds is 13. The molecule has 7 N–H and O–H groups in total. The molecule has 2 aromatic carbocycles.